The molecule has 2 rings (SSSR count). The molecule has 0 aromatic heterocycles. The van der Waals surface area contributed by atoms with E-state index in [1.54, 1.807) is 31.2 Å². The molecule has 0 aliphatic heterocycles. The van der Waals surface area contributed by atoms with Crippen LogP contribution in [0, 0.1) is 0 Å². The number of hydrogen-bond acceptors (Lipinski definition) is 3. The van der Waals surface area contributed by atoms with Gasteiger partial charge in [-0.05, 0) is 42.8 Å². The van der Waals surface area contributed by atoms with Crippen molar-refractivity contribution in [2.75, 3.05) is 11.1 Å². The number of ether oxygens (including phenoxy) is 1. The summed E-state index contributed by atoms with van der Waals surface area (Å²) in [5, 5.41) is 2.78. The molecule has 2 aromatic rings. The molecule has 0 saturated carbocycles. The number of halogens is 1. The summed E-state index contributed by atoms with van der Waals surface area (Å²) in [7, 11) is 0. The number of nitrogen functional groups attached to an aromatic ring is 1. The fraction of sp³-hybridized carbons (Fsp3) is 0.188. The van der Waals surface area contributed by atoms with E-state index in [2.05, 4.69) is 21.2 Å². The first-order chi connectivity index (χ1) is 10.0. The summed E-state index contributed by atoms with van der Waals surface area (Å²) in [6.07, 6.45) is -0.546. The van der Waals surface area contributed by atoms with Crippen molar-refractivity contribution in [3.05, 3.63) is 58.6 Å². The van der Waals surface area contributed by atoms with Crippen molar-refractivity contribution in [1.82, 2.24) is 0 Å². The summed E-state index contributed by atoms with van der Waals surface area (Å²) in [4.78, 5) is 12.0. The topological polar surface area (TPSA) is 64.3 Å². The predicted octanol–water partition coefficient (Wildman–Crippen LogP) is 3.58. The number of hydrogen-bond donors (Lipinski definition) is 2. The van der Waals surface area contributed by atoms with Crippen LogP contribution in [-0.4, -0.2) is 12.0 Å². The smallest absolute Gasteiger partial charge is 0.253 e. The van der Waals surface area contributed by atoms with Gasteiger partial charge in [-0.3, -0.25) is 4.79 Å². The molecule has 0 fully saturated rings. The van der Waals surface area contributed by atoms with Gasteiger partial charge in [-0.2, -0.15) is 0 Å². The molecule has 0 radical (unpaired) electrons. The Bertz CT molecular complexity index is 614. The monoisotopic (exact) mass is 348 g/mol. The molecule has 1 unspecified atom stereocenters. The van der Waals surface area contributed by atoms with Crippen LogP contribution in [0.25, 0.3) is 0 Å². The van der Waals surface area contributed by atoms with Gasteiger partial charge >= 0.3 is 0 Å². The molecule has 5 heteroatoms. The number of nitrogens with two attached hydrogens (primary N) is 1. The average molecular weight is 349 g/mol. The number of carbonyl (C=O) groups excluding carboxylic acids is 1. The lowest BCUT2D eigenvalue weighted by Gasteiger charge is -2.13. The number of carbonyl (C=O) groups is 1. The van der Waals surface area contributed by atoms with Gasteiger partial charge in [0.1, 0.15) is 6.10 Å². The lowest BCUT2D eigenvalue weighted by molar-refractivity contribution is -0.127. The zero-order valence-electron chi connectivity index (χ0n) is 11.7. The number of nitrogens with one attached hydrogen (secondary N) is 1. The van der Waals surface area contributed by atoms with Gasteiger partial charge in [0, 0.05) is 15.8 Å². The lowest BCUT2D eigenvalue weighted by Crippen LogP contribution is -2.27. The van der Waals surface area contributed by atoms with Crippen LogP contribution in [0.1, 0.15) is 12.5 Å². The summed E-state index contributed by atoms with van der Waals surface area (Å²) in [6, 6.07) is 14.8. The van der Waals surface area contributed by atoms with Crippen LogP contribution in [0.2, 0.25) is 0 Å². The van der Waals surface area contributed by atoms with Gasteiger partial charge in [-0.1, -0.05) is 34.1 Å². The first kappa shape index (κ1) is 15.5. The van der Waals surface area contributed by atoms with E-state index in [-0.39, 0.29) is 5.91 Å². The Morgan fingerprint density at radius 2 is 2.00 bits per heavy atom. The van der Waals surface area contributed by atoms with Crippen LogP contribution in [0.15, 0.2) is 53.0 Å². The first-order valence-electron chi connectivity index (χ1n) is 6.57. The molecule has 3 N–H and O–H groups in total. The van der Waals surface area contributed by atoms with Crippen LogP contribution in [0.4, 0.5) is 11.4 Å². The minimum atomic E-state index is -0.546. The summed E-state index contributed by atoms with van der Waals surface area (Å²) in [5.41, 5.74) is 7.96. The average Bonchev–Trinajstić information content (AvgIpc) is 2.46. The van der Waals surface area contributed by atoms with Gasteiger partial charge in [0.25, 0.3) is 5.91 Å². The third kappa shape index (κ3) is 4.88. The molecule has 0 saturated heterocycles. The second-order valence-corrected chi connectivity index (χ2v) is 5.61. The van der Waals surface area contributed by atoms with Gasteiger partial charge in [-0.15, -0.1) is 0 Å². The van der Waals surface area contributed by atoms with Crippen molar-refractivity contribution in [2.45, 2.75) is 19.6 Å². The minimum absolute atomic E-state index is 0.197. The number of amides is 1. The molecule has 1 amide bonds. The number of rotatable bonds is 5. The number of anilines is 2. The van der Waals surface area contributed by atoms with Crippen molar-refractivity contribution < 1.29 is 9.53 Å². The molecular formula is C16H17BrN2O2. The Labute approximate surface area is 132 Å². The van der Waals surface area contributed by atoms with E-state index in [0.717, 1.165) is 10.0 Å². The molecule has 1 atom stereocenters. The van der Waals surface area contributed by atoms with Crippen LogP contribution < -0.4 is 11.1 Å². The van der Waals surface area contributed by atoms with Gasteiger partial charge in [0.2, 0.25) is 0 Å². The molecule has 21 heavy (non-hydrogen) atoms. The maximum Gasteiger partial charge on any atom is 0.253 e. The van der Waals surface area contributed by atoms with Crippen molar-refractivity contribution in [3.8, 4) is 0 Å². The zero-order valence-corrected chi connectivity index (χ0v) is 13.3. The summed E-state index contributed by atoms with van der Waals surface area (Å²) < 4.78 is 6.59. The molecule has 110 valence electrons. The van der Waals surface area contributed by atoms with E-state index in [4.69, 9.17) is 10.5 Å². The van der Waals surface area contributed by atoms with Crippen LogP contribution in [-0.2, 0) is 16.1 Å². The van der Waals surface area contributed by atoms with E-state index < -0.39 is 6.10 Å². The van der Waals surface area contributed by atoms with Gasteiger partial charge in [-0.25, -0.2) is 0 Å². The van der Waals surface area contributed by atoms with Crippen molar-refractivity contribution in [1.29, 1.82) is 0 Å². The SMILES string of the molecule is CC(OCc1ccc(Br)cc1)C(=O)Nc1cccc(N)c1. The molecule has 0 bridgehead atoms. The van der Waals surface area contributed by atoms with Crippen LogP contribution in [0.3, 0.4) is 0 Å². The van der Waals surface area contributed by atoms with Crippen molar-refractivity contribution in [2.24, 2.45) is 0 Å². The first-order valence-corrected chi connectivity index (χ1v) is 7.36. The normalized spacial score (nSPS) is 11.9. The largest absolute Gasteiger partial charge is 0.399 e. The fourth-order valence-corrected chi connectivity index (χ4v) is 2.00. The highest BCUT2D eigenvalue weighted by Gasteiger charge is 2.13. The Kier molecular flexibility index (Phi) is 5.36. The Morgan fingerprint density at radius 3 is 2.67 bits per heavy atom. The standard InChI is InChI=1S/C16H17BrN2O2/c1-11(21-10-12-5-7-13(17)8-6-12)16(20)19-15-4-2-3-14(18)9-15/h2-9,11H,10,18H2,1H3,(H,19,20). The third-order valence-corrected chi connectivity index (χ3v) is 3.47. The Balaban J connectivity index is 1.86. The quantitative estimate of drug-likeness (QED) is 0.811. The van der Waals surface area contributed by atoms with Crippen molar-refractivity contribution in [3.63, 3.8) is 0 Å². The predicted molar refractivity (Wildman–Crippen MR) is 87.9 cm³/mol. The molecule has 0 aliphatic carbocycles. The molecular weight excluding hydrogens is 332 g/mol. The summed E-state index contributed by atoms with van der Waals surface area (Å²) >= 11 is 3.38. The van der Waals surface area contributed by atoms with Crippen LogP contribution in [0.5, 0.6) is 0 Å². The zero-order chi connectivity index (χ0) is 15.2. The van der Waals surface area contributed by atoms with Crippen LogP contribution >= 0.6 is 15.9 Å². The second kappa shape index (κ2) is 7.24. The maximum absolute atomic E-state index is 12.0. The molecule has 0 aliphatic rings. The minimum Gasteiger partial charge on any atom is -0.399 e. The Morgan fingerprint density at radius 1 is 1.29 bits per heavy atom. The molecule has 0 spiro atoms. The van der Waals surface area contributed by atoms with E-state index in [0.29, 0.717) is 18.0 Å². The summed E-state index contributed by atoms with van der Waals surface area (Å²) in [6.45, 7) is 2.11. The molecule has 4 nitrogen and oxygen atoms in total. The van der Waals surface area contributed by atoms with Crippen molar-refractivity contribution >= 4 is 33.2 Å². The summed E-state index contributed by atoms with van der Waals surface area (Å²) in [5.74, 6) is -0.197. The highest BCUT2D eigenvalue weighted by molar-refractivity contribution is 9.10. The van der Waals surface area contributed by atoms with Gasteiger partial charge in [0.05, 0.1) is 6.61 Å². The third-order valence-electron chi connectivity index (χ3n) is 2.94. The highest BCUT2D eigenvalue weighted by atomic mass is 79.9. The second-order valence-electron chi connectivity index (χ2n) is 4.69. The fourth-order valence-electron chi connectivity index (χ4n) is 1.74. The van der Waals surface area contributed by atoms with E-state index in [1.807, 2.05) is 24.3 Å². The maximum atomic E-state index is 12.0. The van der Waals surface area contributed by atoms with E-state index in [9.17, 15) is 4.79 Å². The van der Waals surface area contributed by atoms with Gasteiger partial charge in [0.15, 0.2) is 0 Å². The molecule has 2 aromatic carbocycles. The molecule has 0 heterocycles. The van der Waals surface area contributed by atoms with E-state index in [1.165, 1.54) is 0 Å². The van der Waals surface area contributed by atoms with E-state index >= 15 is 0 Å². The lowest BCUT2D eigenvalue weighted by atomic mass is 10.2. The highest BCUT2D eigenvalue weighted by Crippen LogP contribution is 2.14. The Hall–Kier alpha value is -1.85. The number of benzene rings is 2. The van der Waals surface area contributed by atoms with Gasteiger partial charge < -0.3 is 15.8 Å².